The molecule has 2 aromatic rings. The molecular weight excluding hydrogens is 302 g/mol. The van der Waals surface area contributed by atoms with Gasteiger partial charge in [-0.25, -0.2) is 9.48 Å². The summed E-state index contributed by atoms with van der Waals surface area (Å²) in [4.78, 5) is 11.8. The first-order valence-electron chi connectivity index (χ1n) is 8.66. The second-order valence-corrected chi connectivity index (χ2v) is 6.29. The summed E-state index contributed by atoms with van der Waals surface area (Å²) < 4.78 is 1.75. The van der Waals surface area contributed by atoms with Crippen LogP contribution in [0.2, 0.25) is 0 Å². The average Bonchev–Trinajstić information content (AvgIpc) is 3.22. The molecule has 4 N–H and O–H groups in total. The molecule has 1 fully saturated rings. The molecule has 2 amide bonds. The molecule has 1 aromatic heterocycles. The Balaban J connectivity index is 1.43. The molecule has 24 heavy (non-hydrogen) atoms. The summed E-state index contributed by atoms with van der Waals surface area (Å²) in [5, 5.41) is 10.5. The fourth-order valence-corrected chi connectivity index (χ4v) is 3.12. The number of urea groups is 1. The number of nitrogens with one attached hydrogen (secondary N) is 2. The summed E-state index contributed by atoms with van der Waals surface area (Å²) >= 11 is 0. The van der Waals surface area contributed by atoms with Gasteiger partial charge in [-0.05, 0) is 37.8 Å². The largest absolute Gasteiger partial charge is 0.384 e. The topological polar surface area (TPSA) is 85.0 Å². The molecule has 1 aliphatic carbocycles. The number of aromatic nitrogens is 2. The fraction of sp³-hybridized carbons (Fsp3) is 0.444. The third-order valence-corrected chi connectivity index (χ3v) is 4.37. The maximum atomic E-state index is 11.8. The van der Waals surface area contributed by atoms with Crippen molar-refractivity contribution in [3.63, 3.8) is 0 Å². The van der Waals surface area contributed by atoms with Crippen LogP contribution in [0.4, 0.5) is 10.6 Å². The van der Waals surface area contributed by atoms with Crippen molar-refractivity contribution in [3.05, 3.63) is 42.1 Å². The van der Waals surface area contributed by atoms with Crippen LogP contribution in [0.3, 0.4) is 0 Å². The molecule has 1 saturated carbocycles. The highest BCUT2D eigenvalue weighted by Gasteiger charge is 2.16. The average molecular weight is 327 g/mol. The van der Waals surface area contributed by atoms with Crippen molar-refractivity contribution in [2.75, 3.05) is 12.3 Å². The van der Waals surface area contributed by atoms with Crippen molar-refractivity contribution in [3.8, 4) is 5.69 Å². The van der Waals surface area contributed by atoms with Crippen LogP contribution in [-0.2, 0) is 6.42 Å². The van der Waals surface area contributed by atoms with Crippen molar-refractivity contribution in [2.45, 2.75) is 44.6 Å². The number of amides is 2. The minimum absolute atomic E-state index is 0.0590. The van der Waals surface area contributed by atoms with Gasteiger partial charge in [0.05, 0.1) is 11.4 Å². The van der Waals surface area contributed by atoms with Gasteiger partial charge in [-0.1, -0.05) is 31.0 Å². The zero-order valence-corrected chi connectivity index (χ0v) is 13.9. The summed E-state index contributed by atoms with van der Waals surface area (Å²) in [6, 6.07) is 12.0. The first kappa shape index (κ1) is 16.4. The lowest BCUT2D eigenvalue weighted by molar-refractivity contribution is 0.237. The van der Waals surface area contributed by atoms with Crippen LogP contribution in [-0.4, -0.2) is 28.4 Å². The van der Waals surface area contributed by atoms with Gasteiger partial charge >= 0.3 is 6.03 Å². The number of rotatable bonds is 6. The summed E-state index contributed by atoms with van der Waals surface area (Å²) in [5.74, 6) is 0.628. The van der Waals surface area contributed by atoms with Gasteiger partial charge in [0.25, 0.3) is 0 Å². The second-order valence-electron chi connectivity index (χ2n) is 6.29. The quantitative estimate of drug-likeness (QED) is 0.713. The zero-order valence-electron chi connectivity index (χ0n) is 13.9. The number of para-hydroxylation sites is 1. The minimum Gasteiger partial charge on any atom is -0.384 e. The Bertz CT molecular complexity index is 661. The van der Waals surface area contributed by atoms with E-state index in [0.717, 1.165) is 37.1 Å². The van der Waals surface area contributed by atoms with Gasteiger partial charge in [-0.3, -0.25) is 0 Å². The molecular formula is C18H25N5O. The molecule has 1 heterocycles. The SMILES string of the molecule is Nc1cc(CCCNC(=O)NC2CCCC2)nn1-c1ccccc1. The summed E-state index contributed by atoms with van der Waals surface area (Å²) in [6.07, 6.45) is 6.26. The number of benzene rings is 1. The number of nitrogens with zero attached hydrogens (tertiary/aromatic N) is 2. The first-order chi connectivity index (χ1) is 11.7. The molecule has 0 radical (unpaired) electrons. The predicted octanol–water partition coefficient (Wildman–Crippen LogP) is 2.63. The van der Waals surface area contributed by atoms with Crippen LogP contribution >= 0.6 is 0 Å². The number of carbonyl (C=O) groups is 1. The van der Waals surface area contributed by atoms with Crippen molar-refractivity contribution in [1.29, 1.82) is 0 Å². The molecule has 0 spiro atoms. The third kappa shape index (κ3) is 4.28. The summed E-state index contributed by atoms with van der Waals surface area (Å²) in [6.45, 7) is 0.636. The van der Waals surface area contributed by atoms with Gasteiger partial charge in [-0.2, -0.15) is 5.10 Å². The lowest BCUT2D eigenvalue weighted by Gasteiger charge is -2.12. The van der Waals surface area contributed by atoms with E-state index < -0.39 is 0 Å². The van der Waals surface area contributed by atoms with Crippen LogP contribution in [0.5, 0.6) is 0 Å². The number of nitrogens with two attached hydrogens (primary N) is 1. The fourth-order valence-electron chi connectivity index (χ4n) is 3.12. The Morgan fingerprint density at radius 3 is 2.75 bits per heavy atom. The maximum absolute atomic E-state index is 11.8. The number of aryl methyl sites for hydroxylation is 1. The lowest BCUT2D eigenvalue weighted by Crippen LogP contribution is -2.41. The van der Waals surface area contributed by atoms with Crippen LogP contribution < -0.4 is 16.4 Å². The zero-order chi connectivity index (χ0) is 16.8. The van der Waals surface area contributed by atoms with E-state index in [2.05, 4.69) is 15.7 Å². The van der Waals surface area contributed by atoms with E-state index in [0.29, 0.717) is 18.4 Å². The van der Waals surface area contributed by atoms with Gasteiger partial charge in [0.15, 0.2) is 0 Å². The molecule has 128 valence electrons. The number of carbonyl (C=O) groups excluding carboxylic acids is 1. The van der Waals surface area contributed by atoms with E-state index >= 15 is 0 Å². The highest BCUT2D eigenvalue weighted by Crippen LogP contribution is 2.17. The molecule has 3 rings (SSSR count). The Labute approximate surface area is 142 Å². The van der Waals surface area contributed by atoms with Crippen LogP contribution in [0.15, 0.2) is 36.4 Å². The van der Waals surface area contributed by atoms with E-state index in [1.807, 2.05) is 36.4 Å². The van der Waals surface area contributed by atoms with E-state index in [-0.39, 0.29) is 6.03 Å². The van der Waals surface area contributed by atoms with E-state index in [1.54, 1.807) is 4.68 Å². The van der Waals surface area contributed by atoms with Gasteiger partial charge in [0.2, 0.25) is 0 Å². The molecule has 0 unspecified atom stereocenters. The van der Waals surface area contributed by atoms with Crippen molar-refractivity contribution >= 4 is 11.8 Å². The lowest BCUT2D eigenvalue weighted by atomic mass is 10.2. The Kier molecular flexibility index (Phi) is 5.36. The highest BCUT2D eigenvalue weighted by molar-refractivity contribution is 5.74. The molecule has 0 atom stereocenters. The predicted molar refractivity (Wildman–Crippen MR) is 95.1 cm³/mol. The second kappa shape index (κ2) is 7.86. The molecule has 0 bridgehead atoms. The molecule has 1 aliphatic rings. The Morgan fingerprint density at radius 1 is 1.25 bits per heavy atom. The van der Waals surface area contributed by atoms with E-state index in [4.69, 9.17) is 5.73 Å². The van der Waals surface area contributed by atoms with Crippen LogP contribution in [0.1, 0.15) is 37.8 Å². The first-order valence-corrected chi connectivity index (χ1v) is 8.66. The Hall–Kier alpha value is -2.50. The van der Waals surface area contributed by atoms with Gasteiger partial charge in [0, 0.05) is 18.7 Å². The number of hydrogen-bond donors (Lipinski definition) is 3. The highest BCUT2D eigenvalue weighted by atomic mass is 16.2. The smallest absolute Gasteiger partial charge is 0.315 e. The normalized spacial score (nSPS) is 14.7. The van der Waals surface area contributed by atoms with E-state index in [9.17, 15) is 4.79 Å². The Morgan fingerprint density at radius 2 is 2.00 bits per heavy atom. The van der Waals surface area contributed by atoms with Crippen LogP contribution in [0.25, 0.3) is 5.69 Å². The molecule has 0 aliphatic heterocycles. The molecule has 1 aromatic carbocycles. The monoisotopic (exact) mass is 327 g/mol. The number of hydrogen-bond acceptors (Lipinski definition) is 3. The minimum atomic E-state index is -0.0590. The van der Waals surface area contributed by atoms with Gasteiger partial charge in [-0.15, -0.1) is 0 Å². The van der Waals surface area contributed by atoms with Crippen LogP contribution in [0, 0.1) is 0 Å². The number of nitrogen functional groups attached to an aromatic ring is 1. The van der Waals surface area contributed by atoms with Crippen molar-refractivity contribution < 1.29 is 4.79 Å². The third-order valence-electron chi connectivity index (χ3n) is 4.37. The van der Waals surface area contributed by atoms with Gasteiger partial charge < -0.3 is 16.4 Å². The standard InChI is InChI=1S/C18H25N5O/c19-17-13-15(22-23(17)16-10-2-1-3-11-16)9-6-12-20-18(24)21-14-7-4-5-8-14/h1-3,10-11,13-14H,4-9,12,19H2,(H2,20,21,24). The van der Waals surface area contributed by atoms with Crippen molar-refractivity contribution in [2.24, 2.45) is 0 Å². The van der Waals surface area contributed by atoms with E-state index in [1.165, 1.54) is 12.8 Å². The molecule has 0 saturated heterocycles. The maximum Gasteiger partial charge on any atom is 0.315 e. The summed E-state index contributed by atoms with van der Waals surface area (Å²) in [7, 11) is 0. The van der Waals surface area contributed by atoms with Crippen molar-refractivity contribution in [1.82, 2.24) is 20.4 Å². The number of anilines is 1. The van der Waals surface area contributed by atoms with Gasteiger partial charge in [0.1, 0.15) is 5.82 Å². The molecule has 6 nitrogen and oxygen atoms in total. The molecule has 6 heteroatoms. The summed E-state index contributed by atoms with van der Waals surface area (Å²) in [5.41, 5.74) is 7.93.